The van der Waals surface area contributed by atoms with Gasteiger partial charge >= 0.3 is 0 Å². The summed E-state index contributed by atoms with van der Waals surface area (Å²) in [4.78, 5) is 0. The van der Waals surface area contributed by atoms with Crippen LogP contribution in [0, 0.1) is 17.8 Å². The van der Waals surface area contributed by atoms with Crippen LogP contribution in [0.15, 0.2) is 0 Å². The van der Waals surface area contributed by atoms with E-state index in [0.29, 0.717) is 35.9 Å². The number of rotatable bonds is 8. The fraction of sp³-hybridized carbons (Fsp3) is 1.00. The zero-order chi connectivity index (χ0) is 14.0. The van der Waals surface area contributed by atoms with Crippen LogP contribution in [0.3, 0.4) is 0 Å². The first-order chi connectivity index (χ1) is 9.64. The summed E-state index contributed by atoms with van der Waals surface area (Å²) >= 11 is 0. The number of nitrogens with one attached hydrogen (secondary N) is 1. The molecule has 0 amide bonds. The Balaban J connectivity index is 1.44. The first kappa shape index (κ1) is 14.8. The topological polar surface area (TPSA) is 55.4 Å². The molecule has 1 atom stereocenters. The van der Waals surface area contributed by atoms with Gasteiger partial charge in [0.2, 0.25) is 0 Å². The van der Waals surface area contributed by atoms with Crippen LogP contribution in [0.2, 0.25) is 0 Å². The van der Waals surface area contributed by atoms with Gasteiger partial charge in [-0.1, -0.05) is 0 Å². The molecule has 1 unspecified atom stereocenters. The van der Waals surface area contributed by atoms with Gasteiger partial charge in [-0.2, -0.15) is 0 Å². The summed E-state index contributed by atoms with van der Waals surface area (Å²) in [5.74, 6) is 2.66. The summed E-state index contributed by atoms with van der Waals surface area (Å²) in [5, 5.41) is 3.57. The fourth-order valence-corrected chi connectivity index (χ4v) is 5.00. The predicted octanol–water partition coefficient (Wildman–Crippen LogP) is 1.61. The van der Waals surface area contributed by atoms with E-state index in [0.717, 1.165) is 44.8 Å². The van der Waals surface area contributed by atoms with Gasteiger partial charge in [-0.25, -0.2) is 8.42 Å². The number of sulfone groups is 1. The van der Waals surface area contributed by atoms with Gasteiger partial charge in [0.25, 0.3) is 0 Å². The van der Waals surface area contributed by atoms with Crippen molar-refractivity contribution in [2.24, 2.45) is 17.8 Å². The van der Waals surface area contributed by atoms with Gasteiger partial charge in [-0.05, 0) is 56.3 Å². The summed E-state index contributed by atoms with van der Waals surface area (Å²) in [6, 6.07) is 0.523. The van der Waals surface area contributed by atoms with E-state index in [2.05, 4.69) is 5.32 Å². The molecule has 5 heteroatoms. The summed E-state index contributed by atoms with van der Waals surface area (Å²) in [6.45, 7) is 2.37. The lowest BCUT2D eigenvalue weighted by atomic mass is 9.89. The molecule has 0 bridgehead atoms. The Hall–Kier alpha value is -0.130. The Morgan fingerprint density at radius 2 is 1.65 bits per heavy atom. The Bertz CT molecular complexity index is 409. The molecule has 1 saturated heterocycles. The van der Waals surface area contributed by atoms with Gasteiger partial charge in [0, 0.05) is 25.8 Å². The van der Waals surface area contributed by atoms with E-state index in [1.807, 2.05) is 0 Å². The van der Waals surface area contributed by atoms with Gasteiger partial charge < -0.3 is 10.1 Å². The van der Waals surface area contributed by atoms with Crippen molar-refractivity contribution < 1.29 is 13.2 Å². The van der Waals surface area contributed by atoms with Crippen LogP contribution in [0.1, 0.15) is 38.5 Å². The molecule has 3 aliphatic rings. The minimum atomic E-state index is -2.84. The van der Waals surface area contributed by atoms with E-state index >= 15 is 0 Å². The van der Waals surface area contributed by atoms with E-state index in [-0.39, 0.29) is 0 Å². The molecule has 0 aromatic heterocycles. The molecule has 2 aliphatic carbocycles. The van der Waals surface area contributed by atoms with Crippen molar-refractivity contribution in [3.05, 3.63) is 0 Å². The molecule has 2 saturated carbocycles. The Labute approximate surface area is 122 Å². The smallest absolute Gasteiger partial charge is 0.151 e. The van der Waals surface area contributed by atoms with Crippen molar-refractivity contribution in [1.29, 1.82) is 0 Å². The lowest BCUT2D eigenvalue weighted by Gasteiger charge is -2.31. The molecule has 3 fully saturated rings. The Kier molecular flexibility index (Phi) is 4.68. The van der Waals surface area contributed by atoms with Crippen molar-refractivity contribution in [2.45, 2.75) is 44.6 Å². The first-order valence-corrected chi connectivity index (χ1v) is 9.98. The third-order valence-electron chi connectivity index (χ3n) is 4.88. The largest absolute Gasteiger partial charge is 0.381 e. The Morgan fingerprint density at radius 3 is 2.25 bits per heavy atom. The molecule has 1 aliphatic heterocycles. The normalized spacial score (nSPS) is 26.6. The number of ether oxygens (including phenoxy) is 1. The molecule has 0 radical (unpaired) electrons. The van der Waals surface area contributed by atoms with Crippen molar-refractivity contribution in [3.63, 3.8) is 0 Å². The lowest BCUT2D eigenvalue weighted by molar-refractivity contribution is 0.0510. The van der Waals surface area contributed by atoms with Crippen molar-refractivity contribution in [3.8, 4) is 0 Å². The number of hydrogen-bond acceptors (Lipinski definition) is 4. The third-order valence-corrected chi connectivity index (χ3v) is 6.69. The molecule has 4 nitrogen and oxygen atoms in total. The average molecular weight is 301 g/mol. The number of hydrogen-bond donors (Lipinski definition) is 1. The summed E-state index contributed by atoms with van der Waals surface area (Å²) < 4.78 is 29.4. The van der Waals surface area contributed by atoms with E-state index in [4.69, 9.17) is 4.74 Å². The minimum absolute atomic E-state index is 0.315. The maximum atomic E-state index is 12.0. The standard InChI is InChI=1S/C15H27NO3S/c17-20(18,11-12-1-2-12)10-7-16-15(13-3-4-13)14-5-8-19-9-6-14/h12-16H,1-11H2. The summed E-state index contributed by atoms with van der Waals surface area (Å²) in [5.41, 5.74) is 0. The van der Waals surface area contributed by atoms with Crippen LogP contribution < -0.4 is 5.32 Å². The van der Waals surface area contributed by atoms with Gasteiger partial charge in [-0.3, -0.25) is 0 Å². The molecular formula is C15H27NO3S. The first-order valence-electron chi connectivity index (χ1n) is 8.15. The molecule has 3 rings (SSSR count). The van der Waals surface area contributed by atoms with Crippen LogP contribution in [-0.2, 0) is 14.6 Å². The second-order valence-electron chi connectivity index (χ2n) is 6.82. The minimum Gasteiger partial charge on any atom is -0.381 e. The van der Waals surface area contributed by atoms with Crippen LogP contribution in [0.4, 0.5) is 0 Å². The molecule has 116 valence electrons. The van der Waals surface area contributed by atoms with Crippen molar-refractivity contribution in [1.82, 2.24) is 5.32 Å². The lowest BCUT2D eigenvalue weighted by Crippen LogP contribution is -2.42. The third kappa shape index (κ3) is 4.43. The van der Waals surface area contributed by atoms with Gasteiger partial charge in [-0.15, -0.1) is 0 Å². The van der Waals surface area contributed by atoms with Crippen molar-refractivity contribution >= 4 is 9.84 Å². The van der Waals surface area contributed by atoms with E-state index in [1.54, 1.807) is 0 Å². The molecule has 0 aromatic carbocycles. The van der Waals surface area contributed by atoms with Gasteiger partial charge in [0.1, 0.15) is 0 Å². The average Bonchev–Trinajstić information content (AvgIpc) is 3.29. The highest BCUT2D eigenvalue weighted by atomic mass is 32.2. The Morgan fingerprint density at radius 1 is 1.00 bits per heavy atom. The van der Waals surface area contributed by atoms with Crippen LogP contribution in [0.5, 0.6) is 0 Å². The molecule has 0 aromatic rings. The van der Waals surface area contributed by atoms with Crippen LogP contribution in [-0.4, -0.2) is 45.7 Å². The molecular weight excluding hydrogens is 274 g/mol. The highest BCUT2D eigenvalue weighted by Crippen LogP contribution is 2.38. The monoisotopic (exact) mass is 301 g/mol. The van der Waals surface area contributed by atoms with Gasteiger partial charge in [0.15, 0.2) is 9.84 Å². The second kappa shape index (κ2) is 6.32. The maximum absolute atomic E-state index is 12.0. The highest BCUT2D eigenvalue weighted by Gasteiger charge is 2.37. The van der Waals surface area contributed by atoms with E-state index in [1.165, 1.54) is 12.8 Å². The van der Waals surface area contributed by atoms with Gasteiger partial charge in [0.05, 0.1) is 11.5 Å². The molecule has 1 heterocycles. The maximum Gasteiger partial charge on any atom is 0.151 e. The van der Waals surface area contributed by atoms with Crippen LogP contribution in [0.25, 0.3) is 0 Å². The zero-order valence-corrected chi connectivity index (χ0v) is 13.0. The van der Waals surface area contributed by atoms with Crippen molar-refractivity contribution in [2.75, 3.05) is 31.3 Å². The zero-order valence-electron chi connectivity index (χ0n) is 12.2. The highest BCUT2D eigenvalue weighted by molar-refractivity contribution is 7.91. The second-order valence-corrected chi connectivity index (χ2v) is 9.05. The molecule has 20 heavy (non-hydrogen) atoms. The quantitative estimate of drug-likeness (QED) is 0.740. The molecule has 0 spiro atoms. The fourth-order valence-electron chi connectivity index (χ4n) is 3.36. The van der Waals surface area contributed by atoms with E-state index < -0.39 is 9.84 Å². The van der Waals surface area contributed by atoms with E-state index in [9.17, 15) is 8.42 Å². The van der Waals surface area contributed by atoms with Crippen LogP contribution >= 0.6 is 0 Å². The molecule has 1 N–H and O–H groups in total. The summed E-state index contributed by atoms with van der Waals surface area (Å²) in [6.07, 6.45) is 7.10. The SMILES string of the molecule is O=S(=O)(CCNC(C1CCOCC1)C1CC1)CC1CC1. The summed E-state index contributed by atoms with van der Waals surface area (Å²) in [7, 11) is -2.84. The predicted molar refractivity (Wildman–Crippen MR) is 79.4 cm³/mol.